The van der Waals surface area contributed by atoms with Gasteiger partial charge in [0, 0.05) is 10.9 Å². The lowest BCUT2D eigenvalue weighted by molar-refractivity contribution is -0.221. The predicted molar refractivity (Wildman–Crippen MR) is 107 cm³/mol. The highest BCUT2D eigenvalue weighted by molar-refractivity contribution is 5.85. The van der Waals surface area contributed by atoms with Gasteiger partial charge in [-0.3, -0.25) is 0 Å². The number of fused-ring (bicyclic) bond motifs is 1. The smallest absolute Gasteiger partial charge is 0.248 e. The van der Waals surface area contributed by atoms with E-state index in [1.807, 2.05) is 44.2 Å². The highest BCUT2D eigenvalue weighted by atomic mass is 19.4. The zero-order chi connectivity index (χ0) is 19.9. The van der Waals surface area contributed by atoms with Crippen molar-refractivity contribution in [3.8, 4) is 11.3 Å². The van der Waals surface area contributed by atoms with Crippen molar-refractivity contribution >= 4 is 10.9 Å². The molecular weight excluding hydrogens is 359 g/mol. The van der Waals surface area contributed by atoms with Crippen LogP contribution in [0.2, 0.25) is 0 Å². The fraction of sp³-hybridized carbons (Fsp3) is 0.375. The summed E-state index contributed by atoms with van der Waals surface area (Å²) in [6.07, 6.45) is -2.38. The molecule has 0 N–H and O–H groups in total. The van der Waals surface area contributed by atoms with E-state index in [0.29, 0.717) is 12.8 Å². The highest BCUT2D eigenvalue weighted by Crippen LogP contribution is 2.52. The van der Waals surface area contributed by atoms with Gasteiger partial charge in [-0.1, -0.05) is 48.2 Å². The van der Waals surface area contributed by atoms with Crippen LogP contribution in [0.5, 0.6) is 0 Å². The van der Waals surface area contributed by atoms with Gasteiger partial charge in [-0.05, 0) is 62.9 Å². The normalized spacial score (nSPS) is 16.6. The van der Waals surface area contributed by atoms with Gasteiger partial charge < -0.3 is 0 Å². The van der Waals surface area contributed by atoms with Crippen LogP contribution >= 0.6 is 0 Å². The Labute approximate surface area is 163 Å². The van der Waals surface area contributed by atoms with E-state index < -0.39 is 11.6 Å². The fourth-order valence-corrected chi connectivity index (χ4v) is 4.63. The van der Waals surface area contributed by atoms with Crippen molar-refractivity contribution in [3.05, 3.63) is 65.2 Å². The molecule has 0 atom stereocenters. The average Bonchev–Trinajstić information content (AvgIpc) is 3.10. The van der Waals surface area contributed by atoms with E-state index in [1.54, 1.807) is 0 Å². The van der Waals surface area contributed by atoms with Crippen molar-refractivity contribution in [1.82, 2.24) is 4.98 Å². The first-order chi connectivity index (χ1) is 13.3. The van der Waals surface area contributed by atoms with E-state index >= 15 is 0 Å². The Morgan fingerprint density at radius 3 is 2.25 bits per heavy atom. The molecule has 0 aliphatic heterocycles. The Balaban J connectivity index is 1.75. The average molecular weight is 383 g/mol. The van der Waals surface area contributed by atoms with Gasteiger partial charge in [0.15, 0.2) is 0 Å². The molecule has 1 nitrogen and oxygen atoms in total. The second-order valence-electron chi connectivity index (χ2n) is 8.22. The van der Waals surface area contributed by atoms with E-state index in [4.69, 9.17) is 4.98 Å². The molecule has 1 heterocycles. The maximum atomic E-state index is 13.8. The third-order valence-electron chi connectivity index (χ3n) is 6.03. The van der Waals surface area contributed by atoms with Crippen LogP contribution in [0.1, 0.15) is 42.4 Å². The van der Waals surface area contributed by atoms with Gasteiger partial charge in [0.05, 0.1) is 16.6 Å². The number of pyridine rings is 1. The monoisotopic (exact) mass is 383 g/mol. The van der Waals surface area contributed by atoms with E-state index in [1.165, 1.54) is 11.1 Å². The maximum absolute atomic E-state index is 13.8. The number of benzene rings is 2. The van der Waals surface area contributed by atoms with Crippen molar-refractivity contribution in [2.24, 2.45) is 5.41 Å². The number of alkyl halides is 3. The molecule has 1 saturated carbocycles. The van der Waals surface area contributed by atoms with E-state index in [0.717, 1.165) is 27.7 Å². The number of rotatable bonds is 3. The minimum Gasteiger partial charge on any atom is -0.248 e. The molecule has 28 heavy (non-hydrogen) atoms. The van der Waals surface area contributed by atoms with Crippen molar-refractivity contribution in [2.75, 3.05) is 0 Å². The molecule has 2 aromatic carbocycles. The van der Waals surface area contributed by atoms with Crippen LogP contribution < -0.4 is 0 Å². The summed E-state index contributed by atoms with van der Waals surface area (Å²) in [6.45, 7) is 4.10. The zero-order valence-electron chi connectivity index (χ0n) is 16.2. The molecular formula is C24H24F3N. The summed E-state index contributed by atoms with van der Waals surface area (Å²) in [4.78, 5) is 4.77. The van der Waals surface area contributed by atoms with Crippen LogP contribution in [0.3, 0.4) is 0 Å². The summed E-state index contributed by atoms with van der Waals surface area (Å²) in [7, 11) is 0. The number of aromatic nitrogens is 1. The third kappa shape index (κ3) is 3.41. The van der Waals surface area contributed by atoms with Gasteiger partial charge in [0.2, 0.25) is 0 Å². The van der Waals surface area contributed by atoms with E-state index in [2.05, 4.69) is 18.2 Å². The number of nitrogens with zero attached hydrogens (tertiary/aromatic N) is 1. The van der Waals surface area contributed by atoms with E-state index in [9.17, 15) is 13.2 Å². The Kier molecular flexibility index (Phi) is 4.68. The molecule has 0 radical (unpaired) electrons. The number of hydrogen-bond donors (Lipinski definition) is 0. The molecule has 0 spiro atoms. The summed E-state index contributed by atoms with van der Waals surface area (Å²) < 4.78 is 41.5. The Bertz CT molecular complexity index is 994. The van der Waals surface area contributed by atoms with Gasteiger partial charge in [0.25, 0.3) is 0 Å². The molecule has 146 valence electrons. The summed E-state index contributed by atoms with van der Waals surface area (Å²) in [5, 5.41) is 0.825. The fourth-order valence-electron chi connectivity index (χ4n) is 4.63. The van der Waals surface area contributed by atoms with Crippen molar-refractivity contribution < 1.29 is 13.2 Å². The zero-order valence-corrected chi connectivity index (χ0v) is 16.2. The second-order valence-corrected chi connectivity index (χ2v) is 8.22. The third-order valence-corrected chi connectivity index (χ3v) is 6.03. The van der Waals surface area contributed by atoms with Crippen molar-refractivity contribution in [1.29, 1.82) is 0 Å². The van der Waals surface area contributed by atoms with Crippen LogP contribution in [-0.4, -0.2) is 11.2 Å². The summed E-state index contributed by atoms with van der Waals surface area (Å²) in [5.74, 6) is 0. The van der Waals surface area contributed by atoms with Crippen LogP contribution in [0, 0.1) is 19.3 Å². The molecule has 1 fully saturated rings. The summed E-state index contributed by atoms with van der Waals surface area (Å²) in [5.41, 5.74) is 4.13. The molecule has 0 amide bonds. The minimum atomic E-state index is -4.17. The largest absolute Gasteiger partial charge is 0.394 e. The summed E-state index contributed by atoms with van der Waals surface area (Å²) in [6, 6.07) is 15.7. The second kappa shape index (κ2) is 6.91. The van der Waals surface area contributed by atoms with Crippen LogP contribution in [-0.2, 0) is 6.42 Å². The van der Waals surface area contributed by atoms with Gasteiger partial charge in [-0.15, -0.1) is 0 Å². The van der Waals surface area contributed by atoms with Crippen LogP contribution in [0.25, 0.3) is 22.2 Å². The Hall–Kier alpha value is -2.36. The lowest BCUT2D eigenvalue weighted by atomic mass is 9.78. The Morgan fingerprint density at radius 2 is 1.61 bits per heavy atom. The predicted octanol–water partition coefficient (Wildman–Crippen LogP) is 7.18. The molecule has 0 unspecified atom stereocenters. The quantitative estimate of drug-likeness (QED) is 0.467. The maximum Gasteiger partial charge on any atom is 0.394 e. The molecule has 0 bridgehead atoms. The topological polar surface area (TPSA) is 12.9 Å². The molecule has 4 rings (SSSR count). The number of aryl methyl sites for hydroxylation is 2. The van der Waals surface area contributed by atoms with Gasteiger partial charge in [-0.2, -0.15) is 13.2 Å². The van der Waals surface area contributed by atoms with E-state index in [-0.39, 0.29) is 19.3 Å². The number of halogens is 3. The molecule has 3 aromatic rings. The standard InChI is InChI=1S/C24H24F3N/c1-16-12-17(2)14-19(13-16)21-9-8-20-18(6-5-7-22(20)28-21)15-23(24(25,26)27)10-3-4-11-23/h5-9,12-14H,3-4,10-11,15H2,1-2H3. The molecule has 0 saturated heterocycles. The minimum absolute atomic E-state index is 0.0401. The lowest BCUT2D eigenvalue weighted by Crippen LogP contribution is -2.37. The first-order valence-electron chi connectivity index (χ1n) is 9.82. The SMILES string of the molecule is Cc1cc(C)cc(-c2ccc3c(CC4(C(F)(F)F)CCCC4)cccc3n2)c1. The first-order valence-corrected chi connectivity index (χ1v) is 9.82. The first kappa shape index (κ1) is 19.0. The molecule has 1 aromatic heterocycles. The summed E-state index contributed by atoms with van der Waals surface area (Å²) >= 11 is 0. The number of hydrogen-bond acceptors (Lipinski definition) is 1. The molecule has 1 aliphatic carbocycles. The van der Waals surface area contributed by atoms with Crippen molar-refractivity contribution in [3.63, 3.8) is 0 Å². The van der Waals surface area contributed by atoms with Crippen molar-refractivity contribution in [2.45, 2.75) is 52.1 Å². The molecule has 1 aliphatic rings. The van der Waals surface area contributed by atoms with Gasteiger partial charge in [0.1, 0.15) is 0 Å². The van der Waals surface area contributed by atoms with Crippen LogP contribution in [0.15, 0.2) is 48.5 Å². The van der Waals surface area contributed by atoms with Gasteiger partial charge >= 0.3 is 6.18 Å². The van der Waals surface area contributed by atoms with Crippen LogP contribution in [0.4, 0.5) is 13.2 Å². The Morgan fingerprint density at radius 1 is 0.929 bits per heavy atom. The van der Waals surface area contributed by atoms with Gasteiger partial charge in [-0.25, -0.2) is 4.98 Å². The molecule has 4 heteroatoms. The highest BCUT2D eigenvalue weighted by Gasteiger charge is 2.55. The lowest BCUT2D eigenvalue weighted by Gasteiger charge is -2.32.